The molecule has 0 saturated heterocycles. The number of alkyl carbamates (subject to hydrolysis) is 1. The van der Waals surface area contributed by atoms with Crippen LogP contribution >= 0.6 is 0 Å². The molecule has 2 aromatic carbocycles. The summed E-state index contributed by atoms with van der Waals surface area (Å²) in [5, 5.41) is 5.81. The second-order valence-electron chi connectivity index (χ2n) is 8.02. The van der Waals surface area contributed by atoms with Crippen LogP contribution in [0.25, 0.3) is 11.1 Å². The maximum atomic E-state index is 12.7. The van der Waals surface area contributed by atoms with Gasteiger partial charge in [0.1, 0.15) is 11.8 Å². The first-order valence-corrected chi connectivity index (χ1v) is 10.9. The lowest BCUT2D eigenvalue weighted by Gasteiger charge is -2.16. The normalized spacial score (nSPS) is 13.8. The molecule has 3 aromatic rings. The van der Waals surface area contributed by atoms with E-state index in [-0.39, 0.29) is 18.6 Å². The molecular weight excluding hydrogens is 402 g/mol. The maximum absolute atomic E-state index is 12.7. The van der Waals surface area contributed by atoms with Crippen LogP contribution in [0.4, 0.5) is 4.79 Å². The highest BCUT2D eigenvalue weighted by Gasteiger charge is 2.23. The summed E-state index contributed by atoms with van der Waals surface area (Å²) >= 11 is 0. The van der Waals surface area contributed by atoms with E-state index in [1.54, 1.807) is 6.20 Å². The number of ether oxygens (including phenoxy) is 1. The Labute approximate surface area is 188 Å². The van der Waals surface area contributed by atoms with Crippen molar-refractivity contribution in [1.82, 2.24) is 15.6 Å². The molecule has 4 rings (SSSR count). The van der Waals surface area contributed by atoms with Crippen LogP contribution in [-0.4, -0.2) is 23.5 Å². The lowest BCUT2D eigenvalue weighted by molar-refractivity contribution is 0.0947. The number of carbonyl (C=O) groups is 2. The molecule has 1 heterocycles. The minimum atomic E-state index is -0.496. The summed E-state index contributed by atoms with van der Waals surface area (Å²) in [7, 11) is 0. The van der Waals surface area contributed by atoms with Gasteiger partial charge in [0.15, 0.2) is 0 Å². The van der Waals surface area contributed by atoms with Gasteiger partial charge in [-0.3, -0.25) is 9.78 Å². The van der Waals surface area contributed by atoms with Gasteiger partial charge in [-0.05, 0) is 48.4 Å². The van der Waals surface area contributed by atoms with Crippen LogP contribution < -0.4 is 10.6 Å². The van der Waals surface area contributed by atoms with E-state index in [0.717, 1.165) is 22.3 Å². The van der Waals surface area contributed by atoms with Gasteiger partial charge in [0.25, 0.3) is 5.91 Å². The van der Waals surface area contributed by atoms with Gasteiger partial charge in [0.2, 0.25) is 0 Å². The first-order valence-electron chi connectivity index (χ1n) is 10.9. The fourth-order valence-electron chi connectivity index (χ4n) is 3.55. The molecule has 1 aromatic heterocycles. The van der Waals surface area contributed by atoms with Crippen molar-refractivity contribution in [3.05, 3.63) is 89.7 Å². The molecule has 0 bridgehead atoms. The van der Waals surface area contributed by atoms with Crippen molar-refractivity contribution < 1.29 is 14.3 Å². The molecule has 2 amide bonds. The van der Waals surface area contributed by atoms with Crippen LogP contribution in [0.15, 0.2) is 72.9 Å². The molecule has 2 N–H and O–H groups in total. The molecule has 32 heavy (non-hydrogen) atoms. The van der Waals surface area contributed by atoms with Crippen molar-refractivity contribution in [3.63, 3.8) is 0 Å². The maximum Gasteiger partial charge on any atom is 0.408 e. The highest BCUT2D eigenvalue weighted by atomic mass is 16.6. The van der Waals surface area contributed by atoms with Gasteiger partial charge in [-0.15, -0.1) is 0 Å². The molecule has 0 unspecified atom stereocenters. The quantitative estimate of drug-likeness (QED) is 0.535. The number of aromatic nitrogens is 1. The average molecular weight is 430 g/mol. The predicted molar refractivity (Wildman–Crippen MR) is 123 cm³/mol. The molecule has 1 atom stereocenters. The number of nitrogens with zero attached hydrogens (tertiary/aromatic N) is 1. The molecule has 1 saturated carbocycles. The molecule has 164 valence electrons. The molecule has 1 aliphatic rings. The Kier molecular flexibility index (Phi) is 6.80. The number of hydrogen-bond acceptors (Lipinski definition) is 4. The molecule has 1 aliphatic carbocycles. The number of pyridine rings is 1. The van der Waals surface area contributed by atoms with Crippen molar-refractivity contribution in [1.29, 1.82) is 0 Å². The summed E-state index contributed by atoms with van der Waals surface area (Å²) in [6.45, 7) is 2.79. The monoisotopic (exact) mass is 429 g/mol. The van der Waals surface area contributed by atoms with E-state index in [2.05, 4.69) is 15.6 Å². The standard InChI is InChI=1S/C26H27N3O3/c1-18(20-8-3-2-4-9-20)32-26(31)29-17-21-10-5-6-11-22(21)23-12-7-15-27-24(23)25(30)28-16-19-13-14-19/h2-12,15,18-19H,13-14,16-17H2,1H3,(H,28,30)(H,29,31)/t18-/m0/s1. The third kappa shape index (κ3) is 5.52. The van der Waals surface area contributed by atoms with Gasteiger partial charge in [-0.1, -0.05) is 60.7 Å². The van der Waals surface area contributed by atoms with Crippen LogP contribution in [0.3, 0.4) is 0 Å². The molecular formula is C26H27N3O3. The zero-order valence-corrected chi connectivity index (χ0v) is 18.1. The van der Waals surface area contributed by atoms with E-state index in [9.17, 15) is 9.59 Å². The SMILES string of the molecule is C[C@H](OC(=O)NCc1ccccc1-c1cccnc1C(=O)NCC1CC1)c1ccccc1. The zero-order valence-electron chi connectivity index (χ0n) is 18.1. The average Bonchev–Trinajstić information content (AvgIpc) is 3.66. The summed E-state index contributed by atoms with van der Waals surface area (Å²) in [6.07, 6.45) is 3.11. The molecule has 6 nitrogen and oxygen atoms in total. The number of rotatable bonds is 8. The number of hydrogen-bond donors (Lipinski definition) is 2. The fraction of sp³-hybridized carbons (Fsp3) is 0.269. The van der Waals surface area contributed by atoms with Crippen molar-refractivity contribution in [2.75, 3.05) is 6.54 Å². The molecule has 6 heteroatoms. The highest BCUT2D eigenvalue weighted by molar-refractivity contribution is 5.99. The Morgan fingerprint density at radius 2 is 1.69 bits per heavy atom. The first kappa shape index (κ1) is 21.6. The van der Waals surface area contributed by atoms with E-state index in [1.807, 2.05) is 73.7 Å². The first-order chi connectivity index (χ1) is 15.6. The zero-order chi connectivity index (χ0) is 22.3. The Morgan fingerprint density at radius 3 is 2.47 bits per heavy atom. The number of nitrogens with one attached hydrogen (secondary N) is 2. The van der Waals surface area contributed by atoms with Crippen LogP contribution in [0.5, 0.6) is 0 Å². The lowest BCUT2D eigenvalue weighted by atomic mass is 9.98. The Balaban J connectivity index is 1.45. The number of amides is 2. The highest BCUT2D eigenvalue weighted by Crippen LogP contribution is 2.29. The Hall–Kier alpha value is -3.67. The molecule has 0 spiro atoms. The number of carbonyl (C=O) groups excluding carboxylic acids is 2. The topological polar surface area (TPSA) is 80.3 Å². The van der Waals surface area contributed by atoms with Gasteiger partial charge in [0.05, 0.1) is 0 Å². The molecule has 1 fully saturated rings. The number of benzene rings is 2. The predicted octanol–water partition coefficient (Wildman–Crippen LogP) is 4.88. The summed E-state index contributed by atoms with van der Waals surface area (Å²) in [5.41, 5.74) is 3.79. The minimum Gasteiger partial charge on any atom is -0.442 e. The molecule has 0 radical (unpaired) electrons. The molecule has 0 aliphatic heterocycles. The third-order valence-electron chi connectivity index (χ3n) is 5.55. The Bertz CT molecular complexity index is 1080. The van der Waals surface area contributed by atoms with Crippen LogP contribution in [0.2, 0.25) is 0 Å². The van der Waals surface area contributed by atoms with E-state index in [4.69, 9.17) is 4.74 Å². The van der Waals surface area contributed by atoms with Gasteiger partial charge in [0, 0.05) is 24.8 Å². The summed E-state index contributed by atoms with van der Waals surface area (Å²) in [6, 6.07) is 21.0. The van der Waals surface area contributed by atoms with Crippen LogP contribution in [-0.2, 0) is 11.3 Å². The Morgan fingerprint density at radius 1 is 0.969 bits per heavy atom. The van der Waals surface area contributed by atoms with E-state index in [1.165, 1.54) is 12.8 Å². The summed E-state index contributed by atoms with van der Waals surface area (Å²) in [5.74, 6) is 0.415. The van der Waals surface area contributed by atoms with E-state index < -0.39 is 6.09 Å². The summed E-state index contributed by atoms with van der Waals surface area (Å²) in [4.78, 5) is 29.4. The fourth-order valence-corrected chi connectivity index (χ4v) is 3.55. The lowest BCUT2D eigenvalue weighted by Crippen LogP contribution is -2.27. The van der Waals surface area contributed by atoms with Gasteiger partial charge in [-0.25, -0.2) is 4.79 Å². The van der Waals surface area contributed by atoms with Crippen molar-refractivity contribution >= 4 is 12.0 Å². The second-order valence-corrected chi connectivity index (χ2v) is 8.02. The van der Waals surface area contributed by atoms with Crippen LogP contribution in [0.1, 0.15) is 47.5 Å². The van der Waals surface area contributed by atoms with Gasteiger partial charge < -0.3 is 15.4 Å². The van der Waals surface area contributed by atoms with Crippen molar-refractivity contribution in [2.45, 2.75) is 32.4 Å². The van der Waals surface area contributed by atoms with Gasteiger partial charge >= 0.3 is 6.09 Å². The largest absolute Gasteiger partial charge is 0.442 e. The summed E-state index contributed by atoms with van der Waals surface area (Å²) < 4.78 is 5.50. The smallest absolute Gasteiger partial charge is 0.408 e. The minimum absolute atomic E-state index is 0.175. The van der Waals surface area contributed by atoms with E-state index >= 15 is 0 Å². The van der Waals surface area contributed by atoms with Crippen molar-refractivity contribution in [3.8, 4) is 11.1 Å². The second kappa shape index (κ2) is 10.1. The van der Waals surface area contributed by atoms with E-state index in [0.29, 0.717) is 18.2 Å². The van der Waals surface area contributed by atoms with Crippen LogP contribution in [0, 0.1) is 5.92 Å². The van der Waals surface area contributed by atoms with Crippen molar-refractivity contribution in [2.24, 2.45) is 5.92 Å². The third-order valence-corrected chi connectivity index (χ3v) is 5.55. The van der Waals surface area contributed by atoms with Gasteiger partial charge in [-0.2, -0.15) is 0 Å².